The van der Waals surface area contributed by atoms with E-state index in [0.717, 1.165) is 0 Å². The Labute approximate surface area is 99.1 Å². The summed E-state index contributed by atoms with van der Waals surface area (Å²) in [5, 5.41) is 8.63. The van der Waals surface area contributed by atoms with E-state index in [1.165, 1.54) is 0 Å². The van der Waals surface area contributed by atoms with E-state index < -0.39 is 12.3 Å². The van der Waals surface area contributed by atoms with E-state index in [0.29, 0.717) is 12.8 Å². The number of ether oxygens (including phenoxy) is 4. The lowest BCUT2D eigenvalue weighted by Crippen LogP contribution is -2.34. The number of fused-ring (bicyclic) bond motifs is 1. The largest absolute Gasteiger partial charge is 0.506 e. The molecule has 6 heteroatoms. The summed E-state index contributed by atoms with van der Waals surface area (Å²) in [6.45, 7) is 0.242. The lowest BCUT2D eigenvalue weighted by Gasteiger charge is -2.25. The van der Waals surface area contributed by atoms with Crippen LogP contribution in [0.15, 0.2) is 12.2 Å². The van der Waals surface area contributed by atoms with Crippen LogP contribution in [0.4, 0.5) is 4.79 Å². The average molecular weight is 244 g/mol. The van der Waals surface area contributed by atoms with Crippen molar-refractivity contribution in [1.82, 2.24) is 0 Å². The van der Waals surface area contributed by atoms with Crippen LogP contribution in [-0.4, -0.2) is 49.6 Å². The van der Waals surface area contributed by atoms with Crippen LogP contribution in [0, 0.1) is 0 Å². The highest BCUT2D eigenvalue weighted by molar-refractivity contribution is 5.57. The summed E-state index contributed by atoms with van der Waals surface area (Å²) in [5.41, 5.74) is 0. The second-order valence-electron chi connectivity index (χ2n) is 4.08. The number of methoxy groups -OCH3 is 1. The Hall–Kier alpha value is -1.11. The molecule has 96 valence electrons. The molecule has 2 aliphatic rings. The molecular weight excluding hydrogens is 228 g/mol. The van der Waals surface area contributed by atoms with Gasteiger partial charge in [0.2, 0.25) is 0 Å². The third kappa shape index (κ3) is 3.18. The molecule has 1 N–H and O–H groups in total. The number of carbonyl (C=O) groups is 1. The first-order valence-electron chi connectivity index (χ1n) is 5.53. The van der Waals surface area contributed by atoms with E-state index in [1.807, 2.05) is 6.08 Å². The van der Waals surface area contributed by atoms with Gasteiger partial charge in [-0.15, -0.1) is 0 Å². The van der Waals surface area contributed by atoms with Gasteiger partial charge >= 0.3 is 6.16 Å². The van der Waals surface area contributed by atoms with Gasteiger partial charge in [-0.2, -0.15) is 0 Å². The van der Waals surface area contributed by atoms with Gasteiger partial charge < -0.3 is 24.1 Å². The summed E-state index contributed by atoms with van der Waals surface area (Å²) >= 11 is 0. The van der Waals surface area contributed by atoms with Gasteiger partial charge in [-0.25, -0.2) is 4.79 Å². The molecule has 2 rings (SSSR count). The first-order chi connectivity index (χ1) is 8.19. The maximum Gasteiger partial charge on any atom is 0.506 e. The number of carboxylic acid groups (broad SMARTS) is 1. The van der Waals surface area contributed by atoms with Gasteiger partial charge in [0.05, 0.1) is 18.3 Å². The summed E-state index contributed by atoms with van der Waals surface area (Å²) in [7, 11) is 1.61. The molecule has 1 fully saturated rings. The minimum atomic E-state index is -1.29. The number of rotatable bonds is 2. The molecule has 0 spiro atoms. The Balaban J connectivity index is 2.07. The Bertz CT molecular complexity index is 302. The molecule has 1 aliphatic heterocycles. The van der Waals surface area contributed by atoms with Crippen LogP contribution in [-0.2, 0) is 18.9 Å². The Kier molecular flexibility index (Phi) is 3.98. The maximum absolute atomic E-state index is 10.5. The van der Waals surface area contributed by atoms with Crippen LogP contribution < -0.4 is 0 Å². The first-order valence-corrected chi connectivity index (χ1v) is 5.53. The van der Waals surface area contributed by atoms with Crippen molar-refractivity contribution in [1.29, 1.82) is 0 Å². The SMILES string of the molecule is COC1/C=C/C(OC(=O)O)CC2OCOC2C1. The first kappa shape index (κ1) is 12.3. The van der Waals surface area contributed by atoms with Crippen molar-refractivity contribution in [2.45, 2.75) is 37.3 Å². The summed E-state index contributed by atoms with van der Waals surface area (Å²) in [4.78, 5) is 10.5. The highest BCUT2D eigenvalue weighted by atomic mass is 16.7. The van der Waals surface area contributed by atoms with Gasteiger partial charge in [-0.05, 0) is 6.08 Å². The second kappa shape index (κ2) is 5.48. The van der Waals surface area contributed by atoms with E-state index in [4.69, 9.17) is 24.1 Å². The van der Waals surface area contributed by atoms with Gasteiger partial charge in [-0.3, -0.25) is 0 Å². The molecular formula is C11H16O6. The summed E-state index contributed by atoms with van der Waals surface area (Å²) < 4.78 is 20.9. The molecule has 0 radical (unpaired) electrons. The van der Waals surface area contributed by atoms with Gasteiger partial charge in [0.1, 0.15) is 12.9 Å². The molecule has 0 aromatic heterocycles. The van der Waals surface area contributed by atoms with Gasteiger partial charge in [0.25, 0.3) is 0 Å². The molecule has 0 aromatic rings. The lowest BCUT2D eigenvalue weighted by molar-refractivity contribution is 0.0199. The third-order valence-electron chi connectivity index (χ3n) is 3.00. The predicted molar refractivity (Wildman–Crippen MR) is 56.7 cm³/mol. The molecule has 1 aliphatic carbocycles. The van der Waals surface area contributed by atoms with E-state index in [1.54, 1.807) is 13.2 Å². The molecule has 1 heterocycles. The van der Waals surface area contributed by atoms with Crippen LogP contribution >= 0.6 is 0 Å². The molecule has 4 unspecified atom stereocenters. The molecule has 0 bridgehead atoms. The standard InChI is InChI=1S/C11H16O6/c1-14-7-2-3-8(17-11(12)13)5-10-9(4-7)15-6-16-10/h2-3,7-10H,4-6H2,1H3,(H,12,13)/b3-2+. The van der Waals surface area contributed by atoms with Crippen molar-refractivity contribution in [2.24, 2.45) is 0 Å². The normalized spacial score (nSPS) is 38.9. The minimum Gasteiger partial charge on any atom is -0.450 e. The van der Waals surface area contributed by atoms with Gasteiger partial charge in [-0.1, -0.05) is 6.08 Å². The van der Waals surface area contributed by atoms with Crippen molar-refractivity contribution in [3.05, 3.63) is 12.2 Å². The topological polar surface area (TPSA) is 74.2 Å². The van der Waals surface area contributed by atoms with E-state index in [9.17, 15) is 4.79 Å². The number of hydrogen-bond acceptors (Lipinski definition) is 5. The Morgan fingerprint density at radius 3 is 2.41 bits per heavy atom. The Morgan fingerprint density at radius 2 is 1.82 bits per heavy atom. The quantitative estimate of drug-likeness (QED) is 0.580. The lowest BCUT2D eigenvalue weighted by atomic mass is 9.97. The predicted octanol–water partition coefficient (Wildman–Crippen LogP) is 1.16. The summed E-state index contributed by atoms with van der Waals surface area (Å²) in [6, 6.07) is 0. The molecule has 17 heavy (non-hydrogen) atoms. The molecule has 1 saturated heterocycles. The van der Waals surface area contributed by atoms with Gasteiger partial charge in [0.15, 0.2) is 0 Å². The van der Waals surface area contributed by atoms with Crippen LogP contribution in [0.25, 0.3) is 0 Å². The summed E-state index contributed by atoms with van der Waals surface area (Å²) in [5.74, 6) is 0. The second-order valence-corrected chi connectivity index (χ2v) is 4.08. The fourth-order valence-electron chi connectivity index (χ4n) is 2.12. The zero-order valence-electron chi connectivity index (χ0n) is 9.57. The fraction of sp³-hybridized carbons (Fsp3) is 0.727. The highest BCUT2D eigenvalue weighted by Gasteiger charge is 2.35. The smallest absolute Gasteiger partial charge is 0.450 e. The fourth-order valence-corrected chi connectivity index (χ4v) is 2.12. The van der Waals surface area contributed by atoms with Crippen molar-refractivity contribution in [3.8, 4) is 0 Å². The van der Waals surface area contributed by atoms with Crippen LogP contribution in [0.1, 0.15) is 12.8 Å². The van der Waals surface area contributed by atoms with E-state index in [-0.39, 0.29) is 25.1 Å². The molecule has 6 nitrogen and oxygen atoms in total. The van der Waals surface area contributed by atoms with Crippen molar-refractivity contribution < 1.29 is 28.8 Å². The molecule has 0 saturated carbocycles. The number of hydrogen-bond donors (Lipinski definition) is 1. The maximum atomic E-state index is 10.5. The van der Waals surface area contributed by atoms with Crippen LogP contribution in [0.2, 0.25) is 0 Å². The molecule has 0 aromatic carbocycles. The highest BCUT2D eigenvalue weighted by Crippen LogP contribution is 2.26. The molecule has 4 atom stereocenters. The van der Waals surface area contributed by atoms with Crippen LogP contribution in [0.5, 0.6) is 0 Å². The molecule has 0 amide bonds. The van der Waals surface area contributed by atoms with Crippen molar-refractivity contribution in [2.75, 3.05) is 13.9 Å². The minimum absolute atomic E-state index is 0.0650. The monoisotopic (exact) mass is 244 g/mol. The zero-order valence-corrected chi connectivity index (χ0v) is 9.57. The van der Waals surface area contributed by atoms with Crippen molar-refractivity contribution in [3.63, 3.8) is 0 Å². The van der Waals surface area contributed by atoms with E-state index in [2.05, 4.69) is 0 Å². The average Bonchev–Trinajstić information content (AvgIpc) is 2.66. The van der Waals surface area contributed by atoms with E-state index >= 15 is 0 Å². The van der Waals surface area contributed by atoms with Crippen LogP contribution in [0.3, 0.4) is 0 Å². The van der Waals surface area contributed by atoms with Crippen molar-refractivity contribution >= 4 is 6.16 Å². The summed E-state index contributed by atoms with van der Waals surface area (Å²) in [6.07, 6.45) is 2.59. The Morgan fingerprint density at radius 1 is 1.24 bits per heavy atom. The van der Waals surface area contributed by atoms with Gasteiger partial charge in [0, 0.05) is 20.0 Å². The zero-order chi connectivity index (χ0) is 12.3. The third-order valence-corrected chi connectivity index (χ3v) is 3.00.